The van der Waals surface area contributed by atoms with Crippen molar-refractivity contribution in [3.8, 4) is 17.2 Å². The van der Waals surface area contributed by atoms with E-state index in [1.54, 1.807) is 0 Å². The molecule has 2 aromatic carbocycles. The SMILES string of the molecule is COc1cc(C(=O)O)c(NS(=O)(=O)c2ccc(CCC(=O)O)cc2)c(OC)c1OC. The lowest BCUT2D eigenvalue weighted by Gasteiger charge is -2.19. The van der Waals surface area contributed by atoms with Crippen molar-refractivity contribution < 1.29 is 42.4 Å². The minimum absolute atomic E-state index is 0.0201. The molecule has 2 aromatic rings. The molecule has 3 N–H and O–H groups in total. The number of aryl methyl sites for hydroxylation is 1. The maximum Gasteiger partial charge on any atom is 0.338 e. The number of hydrogen-bond donors (Lipinski definition) is 3. The summed E-state index contributed by atoms with van der Waals surface area (Å²) in [6.45, 7) is 0. The predicted octanol–water partition coefficient (Wildman–Crippen LogP) is 2.23. The van der Waals surface area contributed by atoms with Crippen LogP contribution in [0.5, 0.6) is 17.2 Å². The number of carboxylic acid groups (broad SMARTS) is 2. The number of aliphatic carboxylic acids is 1. The number of anilines is 1. The number of rotatable bonds is 10. The zero-order valence-electron chi connectivity index (χ0n) is 16.5. The van der Waals surface area contributed by atoms with Crippen LogP contribution in [-0.4, -0.2) is 51.9 Å². The molecule has 0 bridgehead atoms. The molecule has 2 rings (SSSR count). The van der Waals surface area contributed by atoms with Gasteiger partial charge in [-0.3, -0.25) is 9.52 Å². The van der Waals surface area contributed by atoms with Gasteiger partial charge in [-0.2, -0.15) is 0 Å². The van der Waals surface area contributed by atoms with E-state index in [9.17, 15) is 23.1 Å². The second kappa shape index (κ2) is 9.35. The van der Waals surface area contributed by atoms with Gasteiger partial charge in [-0.1, -0.05) is 12.1 Å². The number of methoxy groups -OCH3 is 3. The summed E-state index contributed by atoms with van der Waals surface area (Å²) in [5.41, 5.74) is -0.0740. The Hall–Kier alpha value is -3.47. The van der Waals surface area contributed by atoms with Crippen LogP contribution in [-0.2, 0) is 21.2 Å². The minimum Gasteiger partial charge on any atom is -0.493 e. The van der Waals surface area contributed by atoms with Gasteiger partial charge < -0.3 is 24.4 Å². The van der Waals surface area contributed by atoms with Crippen molar-refractivity contribution in [3.63, 3.8) is 0 Å². The molecule has 0 saturated heterocycles. The molecule has 0 saturated carbocycles. The van der Waals surface area contributed by atoms with Crippen LogP contribution in [0, 0.1) is 0 Å². The molecule has 0 aliphatic rings. The third-order valence-corrected chi connectivity index (χ3v) is 5.52. The molecule has 0 atom stereocenters. The van der Waals surface area contributed by atoms with Crippen LogP contribution in [0.2, 0.25) is 0 Å². The first-order valence-corrected chi connectivity index (χ1v) is 10.0. The van der Waals surface area contributed by atoms with E-state index in [-0.39, 0.29) is 40.7 Å². The van der Waals surface area contributed by atoms with Gasteiger partial charge >= 0.3 is 11.9 Å². The number of carbonyl (C=O) groups is 2. The molecule has 30 heavy (non-hydrogen) atoms. The van der Waals surface area contributed by atoms with Gasteiger partial charge in [0.25, 0.3) is 10.0 Å². The quantitative estimate of drug-likeness (QED) is 0.506. The zero-order chi connectivity index (χ0) is 22.5. The van der Waals surface area contributed by atoms with E-state index in [0.717, 1.165) is 6.07 Å². The van der Waals surface area contributed by atoms with Crippen LogP contribution in [0.1, 0.15) is 22.3 Å². The van der Waals surface area contributed by atoms with E-state index in [1.807, 2.05) is 0 Å². The number of aromatic carboxylic acids is 1. The first kappa shape index (κ1) is 22.8. The molecule has 10 nitrogen and oxygen atoms in total. The lowest BCUT2D eigenvalue weighted by atomic mass is 10.1. The molecular weight excluding hydrogens is 418 g/mol. The fourth-order valence-electron chi connectivity index (χ4n) is 2.71. The summed E-state index contributed by atoms with van der Waals surface area (Å²) in [7, 11) is -0.362. The maximum absolute atomic E-state index is 12.9. The number of benzene rings is 2. The summed E-state index contributed by atoms with van der Waals surface area (Å²) in [5, 5.41) is 18.3. The Morgan fingerprint density at radius 3 is 2.03 bits per heavy atom. The van der Waals surface area contributed by atoms with Crippen LogP contribution >= 0.6 is 0 Å². The van der Waals surface area contributed by atoms with Crippen LogP contribution in [0.15, 0.2) is 35.2 Å². The van der Waals surface area contributed by atoms with Gasteiger partial charge in [-0.15, -0.1) is 0 Å². The fourth-order valence-corrected chi connectivity index (χ4v) is 3.79. The Balaban J connectivity index is 2.49. The van der Waals surface area contributed by atoms with Crippen molar-refractivity contribution >= 4 is 27.6 Å². The standard InChI is InChI=1S/C19H21NO9S/c1-27-14-10-13(19(23)24)16(18(29-3)17(14)28-2)20-30(25,26)12-7-4-11(5-8-12)6-9-15(21)22/h4-5,7-8,10,20H,6,9H2,1-3H3,(H,21,22)(H,23,24). The molecule has 11 heteroatoms. The fraction of sp³-hybridized carbons (Fsp3) is 0.263. The van der Waals surface area contributed by atoms with E-state index in [1.165, 1.54) is 45.6 Å². The molecule has 0 amide bonds. The summed E-state index contributed by atoms with van der Waals surface area (Å²) in [4.78, 5) is 22.2. The highest BCUT2D eigenvalue weighted by atomic mass is 32.2. The molecule has 0 unspecified atom stereocenters. The number of sulfonamides is 1. The second-order valence-corrected chi connectivity index (χ2v) is 7.70. The van der Waals surface area contributed by atoms with Crippen molar-refractivity contribution in [2.75, 3.05) is 26.1 Å². The first-order chi connectivity index (χ1) is 14.1. The third-order valence-electron chi connectivity index (χ3n) is 4.16. The van der Waals surface area contributed by atoms with Gasteiger partial charge in [0.05, 0.1) is 31.8 Å². The van der Waals surface area contributed by atoms with Crippen LogP contribution in [0.3, 0.4) is 0 Å². The van der Waals surface area contributed by atoms with Crippen LogP contribution in [0.4, 0.5) is 5.69 Å². The van der Waals surface area contributed by atoms with E-state index in [2.05, 4.69) is 4.72 Å². The molecular formula is C19H21NO9S. The summed E-state index contributed by atoms with van der Waals surface area (Å²) >= 11 is 0. The van der Waals surface area contributed by atoms with Gasteiger partial charge in [-0.05, 0) is 24.1 Å². The molecule has 0 aliphatic carbocycles. The molecule has 162 valence electrons. The van der Waals surface area contributed by atoms with E-state index >= 15 is 0 Å². The number of carboxylic acids is 2. The van der Waals surface area contributed by atoms with Crippen LogP contribution < -0.4 is 18.9 Å². The number of hydrogen-bond acceptors (Lipinski definition) is 7. The smallest absolute Gasteiger partial charge is 0.338 e. The molecule has 0 aromatic heterocycles. The summed E-state index contributed by atoms with van der Waals surface area (Å²) < 4.78 is 43.4. The van der Waals surface area contributed by atoms with Crippen molar-refractivity contribution in [1.82, 2.24) is 0 Å². The third kappa shape index (κ3) is 4.92. The highest BCUT2D eigenvalue weighted by Crippen LogP contribution is 2.45. The molecule has 0 aliphatic heterocycles. The first-order valence-electron chi connectivity index (χ1n) is 8.54. The van der Waals surface area contributed by atoms with Crippen molar-refractivity contribution in [3.05, 3.63) is 41.5 Å². The Labute approximate surface area is 173 Å². The molecule has 0 spiro atoms. The largest absolute Gasteiger partial charge is 0.493 e. The minimum atomic E-state index is -4.20. The summed E-state index contributed by atoms with van der Waals surface area (Å²) in [5.74, 6) is -2.45. The monoisotopic (exact) mass is 439 g/mol. The van der Waals surface area contributed by atoms with Gasteiger partial charge in [0.1, 0.15) is 5.69 Å². The Morgan fingerprint density at radius 1 is 0.967 bits per heavy atom. The normalized spacial score (nSPS) is 10.9. The van der Waals surface area contributed by atoms with Gasteiger partial charge in [0, 0.05) is 12.5 Å². The van der Waals surface area contributed by atoms with Crippen molar-refractivity contribution in [1.29, 1.82) is 0 Å². The summed E-state index contributed by atoms with van der Waals surface area (Å²) in [6.07, 6.45) is 0.158. The van der Waals surface area contributed by atoms with E-state index < -0.39 is 27.5 Å². The average Bonchev–Trinajstić information content (AvgIpc) is 2.71. The Kier molecular flexibility index (Phi) is 7.11. The molecule has 0 radical (unpaired) electrons. The Bertz CT molecular complexity index is 1050. The van der Waals surface area contributed by atoms with Gasteiger partial charge in [0.2, 0.25) is 5.75 Å². The summed E-state index contributed by atoms with van der Waals surface area (Å²) in [6, 6.07) is 6.69. The van der Waals surface area contributed by atoms with Crippen molar-refractivity contribution in [2.45, 2.75) is 17.7 Å². The number of nitrogens with one attached hydrogen (secondary N) is 1. The Morgan fingerprint density at radius 2 is 1.57 bits per heavy atom. The predicted molar refractivity (Wildman–Crippen MR) is 106 cm³/mol. The maximum atomic E-state index is 12.9. The zero-order valence-corrected chi connectivity index (χ0v) is 17.3. The average molecular weight is 439 g/mol. The lowest BCUT2D eigenvalue weighted by molar-refractivity contribution is -0.136. The second-order valence-electron chi connectivity index (χ2n) is 6.02. The van der Waals surface area contributed by atoms with Gasteiger partial charge in [0.15, 0.2) is 11.5 Å². The highest BCUT2D eigenvalue weighted by molar-refractivity contribution is 7.92. The molecule has 0 fully saturated rings. The highest BCUT2D eigenvalue weighted by Gasteiger charge is 2.28. The lowest BCUT2D eigenvalue weighted by Crippen LogP contribution is -2.17. The topological polar surface area (TPSA) is 148 Å². The van der Waals surface area contributed by atoms with E-state index in [4.69, 9.17) is 19.3 Å². The number of ether oxygens (including phenoxy) is 3. The van der Waals surface area contributed by atoms with Crippen LogP contribution in [0.25, 0.3) is 0 Å². The van der Waals surface area contributed by atoms with Gasteiger partial charge in [-0.25, -0.2) is 13.2 Å². The van der Waals surface area contributed by atoms with E-state index in [0.29, 0.717) is 5.56 Å². The molecule has 0 heterocycles. The van der Waals surface area contributed by atoms with Crippen molar-refractivity contribution in [2.24, 2.45) is 0 Å².